The Balaban J connectivity index is 2.39. The normalized spacial score (nSPS) is 20.9. The standard InChI is InChI=1S/C10H16O5/c1-13-10(14-2)8(12)6-7(11)9-4-3-5-15-9/h9-10H,3-6H2,1-2H3. The van der Waals surface area contributed by atoms with Gasteiger partial charge in [0, 0.05) is 20.8 Å². The third-order valence-corrected chi connectivity index (χ3v) is 2.33. The predicted molar refractivity (Wildman–Crippen MR) is 51.4 cm³/mol. The highest BCUT2D eigenvalue weighted by Crippen LogP contribution is 2.15. The van der Waals surface area contributed by atoms with Gasteiger partial charge in [-0.15, -0.1) is 0 Å². The summed E-state index contributed by atoms with van der Waals surface area (Å²) in [5.41, 5.74) is 0. The molecule has 0 aromatic rings. The Kier molecular flexibility index (Phi) is 4.87. The molecular formula is C10H16O5. The van der Waals surface area contributed by atoms with Gasteiger partial charge in [0.05, 0.1) is 6.42 Å². The van der Waals surface area contributed by atoms with Crippen LogP contribution in [0.25, 0.3) is 0 Å². The number of carbonyl (C=O) groups excluding carboxylic acids is 2. The third-order valence-electron chi connectivity index (χ3n) is 2.33. The molecule has 0 aromatic heterocycles. The summed E-state index contributed by atoms with van der Waals surface area (Å²) in [5, 5.41) is 0. The van der Waals surface area contributed by atoms with Crippen molar-refractivity contribution >= 4 is 11.6 Å². The van der Waals surface area contributed by atoms with Crippen molar-refractivity contribution in [2.24, 2.45) is 0 Å². The fourth-order valence-electron chi connectivity index (χ4n) is 1.56. The fourth-order valence-corrected chi connectivity index (χ4v) is 1.56. The highest BCUT2D eigenvalue weighted by atomic mass is 16.7. The summed E-state index contributed by atoms with van der Waals surface area (Å²) in [6, 6.07) is 0. The van der Waals surface area contributed by atoms with E-state index in [4.69, 9.17) is 14.2 Å². The van der Waals surface area contributed by atoms with Gasteiger partial charge in [-0.25, -0.2) is 0 Å². The fraction of sp³-hybridized carbons (Fsp3) is 0.800. The Hall–Kier alpha value is -0.780. The molecule has 5 heteroatoms. The number of Topliss-reactive ketones (excluding diaryl/α,β-unsaturated/α-hetero) is 2. The Labute approximate surface area is 88.7 Å². The number of hydrogen-bond acceptors (Lipinski definition) is 5. The summed E-state index contributed by atoms with van der Waals surface area (Å²) < 4.78 is 14.7. The molecule has 1 saturated heterocycles. The number of carbonyl (C=O) groups is 2. The van der Waals surface area contributed by atoms with Crippen LogP contribution in [0.2, 0.25) is 0 Å². The third kappa shape index (κ3) is 3.37. The van der Waals surface area contributed by atoms with E-state index in [0.717, 1.165) is 6.42 Å². The van der Waals surface area contributed by atoms with Gasteiger partial charge in [-0.3, -0.25) is 9.59 Å². The van der Waals surface area contributed by atoms with E-state index in [1.807, 2.05) is 0 Å². The molecule has 0 spiro atoms. The molecule has 0 amide bonds. The van der Waals surface area contributed by atoms with E-state index in [2.05, 4.69) is 0 Å². The van der Waals surface area contributed by atoms with Gasteiger partial charge in [0.1, 0.15) is 6.10 Å². The van der Waals surface area contributed by atoms with E-state index in [9.17, 15) is 9.59 Å². The van der Waals surface area contributed by atoms with Crippen LogP contribution < -0.4 is 0 Å². The number of methoxy groups -OCH3 is 2. The second kappa shape index (κ2) is 5.95. The van der Waals surface area contributed by atoms with Gasteiger partial charge in [0.15, 0.2) is 11.6 Å². The van der Waals surface area contributed by atoms with Crippen LogP contribution in [0.4, 0.5) is 0 Å². The molecule has 1 rings (SSSR count). The number of hydrogen-bond donors (Lipinski definition) is 0. The summed E-state index contributed by atoms with van der Waals surface area (Å²) in [4.78, 5) is 23.0. The zero-order chi connectivity index (χ0) is 11.3. The smallest absolute Gasteiger partial charge is 0.217 e. The highest BCUT2D eigenvalue weighted by molar-refractivity contribution is 6.02. The molecule has 1 aliphatic rings. The van der Waals surface area contributed by atoms with Crippen molar-refractivity contribution in [3.05, 3.63) is 0 Å². The monoisotopic (exact) mass is 216 g/mol. The Morgan fingerprint density at radius 3 is 2.53 bits per heavy atom. The van der Waals surface area contributed by atoms with Crippen LogP contribution >= 0.6 is 0 Å². The number of ether oxygens (including phenoxy) is 3. The zero-order valence-electron chi connectivity index (χ0n) is 9.02. The molecular weight excluding hydrogens is 200 g/mol. The average Bonchev–Trinajstić information content (AvgIpc) is 2.72. The van der Waals surface area contributed by atoms with E-state index in [1.54, 1.807) is 0 Å². The van der Waals surface area contributed by atoms with E-state index >= 15 is 0 Å². The minimum absolute atomic E-state index is 0.184. The molecule has 0 saturated carbocycles. The van der Waals surface area contributed by atoms with Crippen LogP contribution in [0.5, 0.6) is 0 Å². The quantitative estimate of drug-likeness (QED) is 0.472. The lowest BCUT2D eigenvalue weighted by molar-refractivity contribution is -0.158. The molecule has 0 aromatic carbocycles. The topological polar surface area (TPSA) is 61.8 Å². The van der Waals surface area contributed by atoms with Crippen LogP contribution in [0.3, 0.4) is 0 Å². The van der Waals surface area contributed by atoms with Crippen molar-refractivity contribution in [3.63, 3.8) is 0 Å². The first kappa shape index (κ1) is 12.3. The van der Waals surface area contributed by atoms with Gasteiger partial charge in [-0.05, 0) is 12.8 Å². The molecule has 86 valence electrons. The second-order valence-corrected chi connectivity index (χ2v) is 3.41. The van der Waals surface area contributed by atoms with Crippen LogP contribution in [0, 0.1) is 0 Å². The Morgan fingerprint density at radius 1 is 1.40 bits per heavy atom. The van der Waals surface area contributed by atoms with Gasteiger partial charge in [-0.1, -0.05) is 0 Å². The molecule has 0 bridgehead atoms. The lowest BCUT2D eigenvalue weighted by Gasteiger charge is -2.12. The molecule has 0 radical (unpaired) electrons. The average molecular weight is 216 g/mol. The maximum absolute atomic E-state index is 11.5. The molecule has 0 N–H and O–H groups in total. The van der Waals surface area contributed by atoms with Gasteiger partial charge < -0.3 is 14.2 Å². The van der Waals surface area contributed by atoms with Crippen molar-refractivity contribution < 1.29 is 23.8 Å². The lowest BCUT2D eigenvalue weighted by Crippen LogP contribution is -2.30. The van der Waals surface area contributed by atoms with E-state index in [0.29, 0.717) is 13.0 Å². The van der Waals surface area contributed by atoms with Crippen molar-refractivity contribution in [1.29, 1.82) is 0 Å². The van der Waals surface area contributed by atoms with Crippen molar-refractivity contribution in [1.82, 2.24) is 0 Å². The van der Waals surface area contributed by atoms with Crippen molar-refractivity contribution in [2.45, 2.75) is 31.7 Å². The molecule has 5 nitrogen and oxygen atoms in total. The SMILES string of the molecule is COC(OC)C(=O)CC(=O)C1CCCO1. The minimum Gasteiger partial charge on any atom is -0.370 e. The molecule has 15 heavy (non-hydrogen) atoms. The molecule has 1 aliphatic heterocycles. The van der Waals surface area contributed by atoms with Crippen LogP contribution in [-0.4, -0.2) is 44.8 Å². The maximum atomic E-state index is 11.5. The second-order valence-electron chi connectivity index (χ2n) is 3.41. The first-order chi connectivity index (χ1) is 7.19. The van der Waals surface area contributed by atoms with Crippen molar-refractivity contribution in [3.8, 4) is 0 Å². The zero-order valence-corrected chi connectivity index (χ0v) is 9.02. The lowest BCUT2D eigenvalue weighted by atomic mass is 10.1. The first-order valence-corrected chi connectivity index (χ1v) is 4.91. The van der Waals surface area contributed by atoms with Gasteiger partial charge >= 0.3 is 0 Å². The number of rotatable bonds is 6. The summed E-state index contributed by atoms with van der Waals surface area (Å²) in [7, 11) is 2.73. The molecule has 1 fully saturated rings. The molecule has 0 aliphatic carbocycles. The highest BCUT2D eigenvalue weighted by Gasteiger charge is 2.28. The van der Waals surface area contributed by atoms with Gasteiger partial charge in [-0.2, -0.15) is 0 Å². The summed E-state index contributed by atoms with van der Waals surface area (Å²) in [6.07, 6.45) is 0.0368. The Morgan fingerprint density at radius 2 is 2.07 bits per heavy atom. The van der Waals surface area contributed by atoms with Crippen LogP contribution in [-0.2, 0) is 23.8 Å². The van der Waals surface area contributed by atoms with Crippen molar-refractivity contribution in [2.75, 3.05) is 20.8 Å². The summed E-state index contributed by atoms with van der Waals surface area (Å²) >= 11 is 0. The maximum Gasteiger partial charge on any atom is 0.217 e. The van der Waals surface area contributed by atoms with E-state index in [-0.39, 0.29) is 18.0 Å². The number of ketones is 2. The predicted octanol–water partition coefficient (Wildman–Crippen LogP) is 0.313. The van der Waals surface area contributed by atoms with E-state index < -0.39 is 12.4 Å². The molecule has 1 atom stereocenters. The molecule has 1 unspecified atom stereocenters. The van der Waals surface area contributed by atoms with Crippen LogP contribution in [0.1, 0.15) is 19.3 Å². The summed E-state index contributed by atoms with van der Waals surface area (Å²) in [5.74, 6) is -0.544. The van der Waals surface area contributed by atoms with Gasteiger partial charge in [0.25, 0.3) is 0 Å². The van der Waals surface area contributed by atoms with Gasteiger partial charge in [0.2, 0.25) is 6.29 Å². The minimum atomic E-state index is -0.949. The van der Waals surface area contributed by atoms with E-state index in [1.165, 1.54) is 14.2 Å². The van der Waals surface area contributed by atoms with Crippen LogP contribution in [0.15, 0.2) is 0 Å². The summed E-state index contributed by atoms with van der Waals surface area (Å²) in [6.45, 7) is 0.600. The Bertz CT molecular complexity index is 216. The molecule has 1 heterocycles. The first-order valence-electron chi connectivity index (χ1n) is 4.91. The largest absolute Gasteiger partial charge is 0.370 e.